The van der Waals surface area contributed by atoms with Crippen LogP contribution in [0.4, 0.5) is 0 Å². The van der Waals surface area contributed by atoms with Crippen LogP contribution in [0.25, 0.3) is 22.3 Å². The highest BCUT2D eigenvalue weighted by Gasteiger charge is 2.49. The van der Waals surface area contributed by atoms with Crippen LogP contribution in [0.3, 0.4) is 0 Å². The van der Waals surface area contributed by atoms with Gasteiger partial charge in [0.1, 0.15) is 59.3 Å². The molecule has 13 nitrogen and oxygen atoms in total. The third-order valence-electron chi connectivity index (χ3n) is 6.00. The number of rotatable bonds is 5. The van der Waals surface area contributed by atoms with Crippen LogP contribution in [0.15, 0.2) is 39.5 Å². The Kier molecular flexibility index (Phi) is 7.18. The first-order valence-corrected chi connectivity index (χ1v) is 11.3. The van der Waals surface area contributed by atoms with Crippen molar-refractivity contribution in [1.29, 1.82) is 0 Å². The van der Waals surface area contributed by atoms with E-state index in [0.717, 1.165) is 32.0 Å². The number of aliphatic hydroxyl groups is 2. The summed E-state index contributed by atoms with van der Waals surface area (Å²) in [4.78, 5) is 36.0. The lowest BCUT2D eigenvalue weighted by Gasteiger charge is -2.42. The molecule has 13 heteroatoms. The van der Waals surface area contributed by atoms with E-state index in [0.29, 0.717) is 0 Å². The number of esters is 2. The van der Waals surface area contributed by atoms with Crippen LogP contribution in [0, 0.1) is 0 Å². The zero-order valence-corrected chi connectivity index (χ0v) is 20.0. The number of ether oxygens (including phenoxy) is 3. The van der Waals surface area contributed by atoms with Gasteiger partial charge in [0.25, 0.3) is 0 Å². The van der Waals surface area contributed by atoms with Crippen molar-refractivity contribution >= 4 is 22.9 Å². The molecule has 2 aromatic carbocycles. The maximum atomic E-state index is 13.0. The van der Waals surface area contributed by atoms with E-state index in [9.17, 15) is 45.0 Å². The Morgan fingerprint density at radius 3 is 2.26 bits per heavy atom. The number of aliphatic hydroxyl groups excluding tert-OH is 2. The molecular formula is C25H24O13. The molecule has 0 bridgehead atoms. The zero-order chi connectivity index (χ0) is 27.9. The minimum absolute atomic E-state index is 0.0592. The molecule has 5 atom stereocenters. The van der Waals surface area contributed by atoms with E-state index in [1.165, 1.54) is 12.1 Å². The van der Waals surface area contributed by atoms with Gasteiger partial charge in [-0.3, -0.25) is 14.4 Å². The maximum absolute atomic E-state index is 13.0. The van der Waals surface area contributed by atoms with Crippen molar-refractivity contribution < 1.29 is 58.9 Å². The predicted molar refractivity (Wildman–Crippen MR) is 126 cm³/mol. The van der Waals surface area contributed by atoms with Gasteiger partial charge in [0.05, 0.1) is 5.56 Å². The summed E-state index contributed by atoms with van der Waals surface area (Å²) in [6.45, 7) is 1.62. The van der Waals surface area contributed by atoms with Gasteiger partial charge < -0.3 is 49.3 Å². The van der Waals surface area contributed by atoms with Crippen LogP contribution in [0.1, 0.15) is 25.5 Å². The average Bonchev–Trinajstić information content (AvgIpc) is 2.83. The summed E-state index contributed by atoms with van der Waals surface area (Å²) in [6, 6.07) is 5.67. The quantitative estimate of drug-likeness (QED) is 0.200. The van der Waals surface area contributed by atoms with Gasteiger partial charge in [-0.25, -0.2) is 0 Å². The molecule has 0 spiro atoms. The Labute approximate surface area is 213 Å². The number of phenols is 4. The normalized spacial score (nSPS) is 23.2. The largest absolute Gasteiger partial charge is 0.507 e. The summed E-state index contributed by atoms with van der Waals surface area (Å²) in [7, 11) is 0. The molecule has 4 rings (SSSR count). The number of fused-ring (bicyclic) bond motifs is 1. The second-order valence-corrected chi connectivity index (χ2v) is 8.66. The number of benzene rings is 2. The van der Waals surface area contributed by atoms with E-state index in [1.807, 2.05) is 0 Å². The van der Waals surface area contributed by atoms with Crippen LogP contribution < -0.4 is 5.43 Å². The highest BCUT2D eigenvalue weighted by Crippen LogP contribution is 2.45. The summed E-state index contributed by atoms with van der Waals surface area (Å²) >= 11 is 0. The fourth-order valence-corrected chi connectivity index (χ4v) is 4.24. The van der Waals surface area contributed by atoms with Crippen molar-refractivity contribution in [3.8, 4) is 34.3 Å². The van der Waals surface area contributed by atoms with Crippen LogP contribution >= 0.6 is 0 Å². The van der Waals surface area contributed by atoms with E-state index in [-0.39, 0.29) is 16.9 Å². The second-order valence-electron chi connectivity index (χ2n) is 8.66. The highest BCUT2D eigenvalue weighted by atomic mass is 16.6. The van der Waals surface area contributed by atoms with Crippen molar-refractivity contribution in [2.75, 3.05) is 6.61 Å². The van der Waals surface area contributed by atoms with Crippen molar-refractivity contribution in [3.05, 3.63) is 46.1 Å². The van der Waals surface area contributed by atoms with Gasteiger partial charge in [-0.05, 0) is 18.2 Å². The smallest absolute Gasteiger partial charge is 0.303 e. The summed E-state index contributed by atoms with van der Waals surface area (Å²) in [6.07, 6.45) is -8.10. The molecular weight excluding hydrogens is 508 g/mol. The van der Waals surface area contributed by atoms with Crippen molar-refractivity contribution in [1.82, 2.24) is 0 Å². The molecule has 0 amide bonds. The lowest BCUT2D eigenvalue weighted by atomic mass is 9.89. The number of carbonyl (C=O) groups is 2. The summed E-state index contributed by atoms with van der Waals surface area (Å²) < 4.78 is 21.3. The van der Waals surface area contributed by atoms with E-state index >= 15 is 0 Å². The van der Waals surface area contributed by atoms with Crippen LogP contribution in [-0.4, -0.2) is 73.6 Å². The number of phenolic OH excluding ortho intramolecular Hbond substituents is 4. The number of hydrogen-bond donors (Lipinski definition) is 6. The van der Waals surface area contributed by atoms with Crippen molar-refractivity contribution in [2.45, 2.75) is 44.4 Å². The fourth-order valence-electron chi connectivity index (χ4n) is 4.24. The van der Waals surface area contributed by atoms with Gasteiger partial charge in [-0.2, -0.15) is 0 Å². The highest BCUT2D eigenvalue weighted by molar-refractivity contribution is 5.88. The van der Waals surface area contributed by atoms with Crippen molar-refractivity contribution in [2.24, 2.45) is 0 Å². The molecule has 1 aromatic heterocycles. The second kappa shape index (κ2) is 10.2. The van der Waals surface area contributed by atoms with Crippen LogP contribution in [0.2, 0.25) is 0 Å². The number of carbonyl (C=O) groups excluding carboxylic acids is 2. The third-order valence-corrected chi connectivity index (χ3v) is 6.00. The lowest BCUT2D eigenvalue weighted by Crippen LogP contribution is -2.56. The number of aromatic hydroxyl groups is 4. The molecule has 202 valence electrons. The average molecular weight is 532 g/mol. The topological polar surface area (TPSA) is 213 Å². The third kappa shape index (κ3) is 4.94. The van der Waals surface area contributed by atoms with E-state index in [1.54, 1.807) is 0 Å². The fraction of sp³-hybridized carbons (Fsp3) is 0.320. The minimum Gasteiger partial charge on any atom is -0.507 e. The molecule has 0 unspecified atom stereocenters. The summed E-state index contributed by atoms with van der Waals surface area (Å²) in [5.74, 6) is -4.01. The number of hydrogen-bond acceptors (Lipinski definition) is 13. The van der Waals surface area contributed by atoms with Crippen molar-refractivity contribution in [3.63, 3.8) is 0 Å². The summed E-state index contributed by atoms with van der Waals surface area (Å²) in [5.41, 5.74) is -1.29. The molecule has 1 fully saturated rings. The molecule has 0 radical (unpaired) electrons. The Bertz CT molecular complexity index is 1460. The molecule has 3 aromatic rings. The standard InChI is InChI=1S/C25H24O13/c1-9(26)35-8-18-21(32)23(34)25(36-10(2)27)24(38-18)20-15(31)7-17-19(22(20)33)14(30)6-16(37-17)11-3-4-12(28)13(29)5-11/h3-7,18,21,23-25,28-29,31-34H,8H2,1-2H3/t18-,21-,23+,24+,25-/m1/s1. The van der Waals surface area contributed by atoms with E-state index in [4.69, 9.17) is 18.6 Å². The Morgan fingerprint density at radius 2 is 1.63 bits per heavy atom. The molecule has 1 aliphatic heterocycles. The SMILES string of the molecule is CC(=O)OC[C@H]1O[C@@H](c2c(O)cc3oc(-c4ccc(O)c(O)c4)cc(=O)c3c2O)[C@H](OC(C)=O)[C@@H](O)[C@@H]1O. The summed E-state index contributed by atoms with van der Waals surface area (Å²) in [5, 5.41) is 61.9. The molecule has 0 saturated carbocycles. The van der Waals surface area contributed by atoms with Gasteiger partial charge in [0.2, 0.25) is 0 Å². The monoisotopic (exact) mass is 532 g/mol. The first kappa shape index (κ1) is 26.7. The zero-order valence-electron chi connectivity index (χ0n) is 20.0. The van der Waals surface area contributed by atoms with Gasteiger partial charge in [-0.15, -0.1) is 0 Å². The first-order valence-electron chi connectivity index (χ1n) is 11.3. The van der Waals surface area contributed by atoms with Crippen LogP contribution in [0.5, 0.6) is 23.0 Å². The molecule has 2 heterocycles. The Hall–Kier alpha value is -4.33. The van der Waals surface area contributed by atoms with Gasteiger partial charge in [-0.1, -0.05) is 0 Å². The predicted octanol–water partition coefficient (Wildman–Crippen LogP) is 0.939. The molecule has 6 N–H and O–H groups in total. The molecule has 38 heavy (non-hydrogen) atoms. The van der Waals surface area contributed by atoms with Gasteiger partial charge in [0, 0.05) is 31.5 Å². The molecule has 1 aliphatic rings. The van der Waals surface area contributed by atoms with E-state index in [2.05, 4.69) is 0 Å². The Morgan fingerprint density at radius 1 is 0.921 bits per heavy atom. The van der Waals surface area contributed by atoms with Crippen LogP contribution in [-0.2, 0) is 23.8 Å². The van der Waals surface area contributed by atoms with Gasteiger partial charge in [0.15, 0.2) is 23.0 Å². The minimum atomic E-state index is -1.80. The van der Waals surface area contributed by atoms with E-state index < -0.39 is 88.4 Å². The van der Waals surface area contributed by atoms with Gasteiger partial charge >= 0.3 is 11.9 Å². The molecule has 0 aliphatic carbocycles. The first-order chi connectivity index (χ1) is 17.9. The maximum Gasteiger partial charge on any atom is 0.303 e. The molecule has 1 saturated heterocycles. The Balaban J connectivity index is 1.84. The lowest BCUT2D eigenvalue weighted by molar-refractivity contribution is -0.242.